The van der Waals surface area contributed by atoms with Crippen LogP contribution in [0.5, 0.6) is 11.5 Å². The highest BCUT2D eigenvalue weighted by Crippen LogP contribution is 2.47. The number of hydrogen-bond acceptors (Lipinski definition) is 5. The number of aromatic hydroxyl groups is 1. The van der Waals surface area contributed by atoms with Crippen molar-refractivity contribution < 1.29 is 19.7 Å². The van der Waals surface area contributed by atoms with Crippen molar-refractivity contribution >= 4 is 5.78 Å². The summed E-state index contributed by atoms with van der Waals surface area (Å²) in [6.45, 7) is 4.38. The number of carbonyl (C=O) groups is 1. The lowest BCUT2D eigenvalue weighted by molar-refractivity contribution is -0.126. The van der Waals surface area contributed by atoms with Crippen LogP contribution in [-0.2, 0) is 11.2 Å². The van der Waals surface area contributed by atoms with Crippen molar-refractivity contribution in [2.75, 3.05) is 19.6 Å². The topological polar surface area (TPSA) is 70.0 Å². The molecule has 3 aliphatic rings. The Bertz CT molecular complexity index is 670. The first-order valence-electron chi connectivity index (χ1n) is 9.51. The van der Waals surface area contributed by atoms with E-state index in [1.807, 2.05) is 6.07 Å². The van der Waals surface area contributed by atoms with Gasteiger partial charge in [0.05, 0.1) is 6.10 Å². The van der Waals surface area contributed by atoms with Gasteiger partial charge >= 0.3 is 0 Å². The maximum absolute atomic E-state index is 12.7. The smallest absolute Gasteiger partial charge is 0.174 e. The number of aliphatic hydroxyl groups is 1. The highest BCUT2D eigenvalue weighted by molar-refractivity contribution is 5.86. The van der Waals surface area contributed by atoms with Crippen molar-refractivity contribution in [2.45, 2.75) is 57.2 Å². The normalized spacial score (nSPS) is 30.0. The number of carbonyl (C=O) groups excluding carboxylic acids is 1. The summed E-state index contributed by atoms with van der Waals surface area (Å²) in [5.41, 5.74) is 2.14. The summed E-state index contributed by atoms with van der Waals surface area (Å²) < 4.78 is 5.98. The fourth-order valence-electron chi connectivity index (χ4n) is 4.31. The number of β-amino-alcohol motifs (C(OH)–C–C–N with tert-alkyl or cyclic N) is 1. The Morgan fingerprint density at radius 3 is 2.76 bits per heavy atom. The molecule has 25 heavy (non-hydrogen) atoms. The Balaban J connectivity index is 1.71. The third kappa shape index (κ3) is 3.27. The zero-order valence-electron chi connectivity index (χ0n) is 14.8. The van der Waals surface area contributed by atoms with Crippen LogP contribution >= 0.6 is 0 Å². The second-order valence-electron chi connectivity index (χ2n) is 7.81. The zero-order valence-corrected chi connectivity index (χ0v) is 14.8. The Morgan fingerprint density at radius 1 is 1.24 bits per heavy atom. The van der Waals surface area contributed by atoms with E-state index in [9.17, 15) is 15.0 Å². The van der Waals surface area contributed by atoms with Gasteiger partial charge in [-0.15, -0.1) is 0 Å². The van der Waals surface area contributed by atoms with Gasteiger partial charge in [0.1, 0.15) is 0 Å². The molecule has 0 bridgehead atoms. The first-order valence-corrected chi connectivity index (χ1v) is 9.51. The summed E-state index contributed by atoms with van der Waals surface area (Å²) in [6.07, 6.45) is 3.16. The third-order valence-corrected chi connectivity index (χ3v) is 5.81. The first kappa shape index (κ1) is 16.9. The van der Waals surface area contributed by atoms with Gasteiger partial charge in [0.15, 0.2) is 23.4 Å². The van der Waals surface area contributed by atoms with Crippen LogP contribution in [0.4, 0.5) is 0 Å². The van der Waals surface area contributed by atoms with Gasteiger partial charge in [-0.25, -0.2) is 0 Å². The molecule has 0 aromatic heterocycles. The highest BCUT2D eigenvalue weighted by Gasteiger charge is 2.43. The SMILES string of the molecule is CCc1ccc(O)c2c1C1CN(CC3CC3)CC(O)CCC(=O)[C@@H]1O2. The molecule has 4 rings (SSSR count). The van der Waals surface area contributed by atoms with E-state index in [0.717, 1.165) is 30.0 Å². The van der Waals surface area contributed by atoms with Crippen molar-refractivity contribution in [3.63, 3.8) is 0 Å². The van der Waals surface area contributed by atoms with Crippen LogP contribution in [0.2, 0.25) is 0 Å². The molecule has 0 spiro atoms. The predicted octanol–water partition coefficient (Wildman–Crippen LogP) is 2.24. The van der Waals surface area contributed by atoms with Crippen LogP contribution in [-0.4, -0.2) is 52.7 Å². The summed E-state index contributed by atoms with van der Waals surface area (Å²) in [6, 6.07) is 3.61. The van der Waals surface area contributed by atoms with Crippen LogP contribution in [0.1, 0.15) is 49.7 Å². The van der Waals surface area contributed by atoms with Gasteiger partial charge < -0.3 is 14.9 Å². The fraction of sp³-hybridized carbons (Fsp3) is 0.650. The fourth-order valence-corrected chi connectivity index (χ4v) is 4.31. The number of rotatable bonds is 3. The van der Waals surface area contributed by atoms with Crippen LogP contribution in [0, 0.1) is 5.92 Å². The number of aryl methyl sites for hydroxylation is 1. The number of Topliss-reactive ketones (excluding diaryl/α,β-unsaturated/α-hetero) is 1. The van der Waals surface area contributed by atoms with Crippen molar-refractivity contribution in [1.82, 2.24) is 4.90 Å². The van der Waals surface area contributed by atoms with Gasteiger partial charge in [-0.05, 0) is 43.2 Å². The van der Waals surface area contributed by atoms with Crippen LogP contribution < -0.4 is 4.74 Å². The number of nitrogens with zero attached hydrogens (tertiary/aromatic N) is 1. The first-order chi connectivity index (χ1) is 12.1. The molecule has 5 nitrogen and oxygen atoms in total. The van der Waals surface area contributed by atoms with E-state index in [4.69, 9.17) is 4.74 Å². The lowest BCUT2D eigenvalue weighted by atomic mass is 9.87. The third-order valence-electron chi connectivity index (χ3n) is 5.81. The van der Waals surface area contributed by atoms with Crippen LogP contribution in [0.15, 0.2) is 12.1 Å². The molecule has 1 aliphatic carbocycles. The van der Waals surface area contributed by atoms with Crippen LogP contribution in [0.3, 0.4) is 0 Å². The molecule has 2 fully saturated rings. The van der Waals surface area contributed by atoms with Gasteiger partial charge in [0.25, 0.3) is 0 Å². The van der Waals surface area contributed by atoms with Crippen LogP contribution in [0.25, 0.3) is 0 Å². The second kappa shape index (κ2) is 6.61. The van der Waals surface area contributed by atoms with E-state index in [1.165, 1.54) is 12.8 Å². The standard InChI is InChI=1S/C20H27NO4/c1-2-13-5-7-17(24)20-18(13)15-11-21(9-12-3-4-12)10-14(22)6-8-16(23)19(15)25-20/h5,7,12,14-15,19,22,24H,2-4,6,8-11H2,1H3/t14?,15?,19-/m1/s1. The molecule has 0 radical (unpaired) electrons. The monoisotopic (exact) mass is 345 g/mol. The number of phenolic OH excluding ortho intramolecular Hbond substituents is 1. The van der Waals surface area contributed by atoms with Gasteiger partial charge in [-0.3, -0.25) is 9.69 Å². The molecule has 136 valence electrons. The van der Waals surface area contributed by atoms with E-state index >= 15 is 0 Å². The number of phenols is 1. The minimum atomic E-state index is -0.541. The molecule has 2 unspecified atom stereocenters. The molecule has 2 heterocycles. The quantitative estimate of drug-likeness (QED) is 0.879. The Morgan fingerprint density at radius 2 is 2.04 bits per heavy atom. The molecule has 3 atom stereocenters. The van der Waals surface area contributed by atoms with E-state index in [-0.39, 0.29) is 17.5 Å². The lowest BCUT2D eigenvalue weighted by Crippen LogP contribution is -2.39. The minimum Gasteiger partial charge on any atom is -0.504 e. The lowest BCUT2D eigenvalue weighted by Gasteiger charge is -2.28. The van der Waals surface area contributed by atoms with E-state index in [0.29, 0.717) is 31.7 Å². The van der Waals surface area contributed by atoms with E-state index < -0.39 is 12.2 Å². The van der Waals surface area contributed by atoms with Gasteiger partial charge in [0.2, 0.25) is 0 Å². The predicted molar refractivity (Wildman–Crippen MR) is 94.1 cm³/mol. The largest absolute Gasteiger partial charge is 0.504 e. The zero-order chi connectivity index (χ0) is 17.6. The van der Waals surface area contributed by atoms with Crippen molar-refractivity contribution in [3.8, 4) is 11.5 Å². The molecule has 2 N–H and O–H groups in total. The summed E-state index contributed by atoms with van der Waals surface area (Å²) in [4.78, 5) is 15.0. The van der Waals surface area contributed by atoms with E-state index in [1.54, 1.807) is 6.07 Å². The Hall–Kier alpha value is -1.59. The summed E-state index contributed by atoms with van der Waals surface area (Å²) in [7, 11) is 0. The molecule has 1 aromatic rings. The average Bonchev–Trinajstić information content (AvgIpc) is 3.31. The number of benzene rings is 1. The molecule has 1 saturated heterocycles. The van der Waals surface area contributed by atoms with E-state index in [2.05, 4.69) is 11.8 Å². The average molecular weight is 345 g/mol. The second-order valence-corrected chi connectivity index (χ2v) is 7.81. The molecular weight excluding hydrogens is 318 g/mol. The number of ketones is 1. The Labute approximate surface area is 148 Å². The number of ether oxygens (including phenoxy) is 1. The highest BCUT2D eigenvalue weighted by atomic mass is 16.5. The van der Waals surface area contributed by atoms with Gasteiger partial charge in [-0.2, -0.15) is 0 Å². The summed E-state index contributed by atoms with van der Waals surface area (Å²) in [5.74, 6) is 1.32. The van der Waals surface area contributed by atoms with Crippen molar-refractivity contribution in [2.24, 2.45) is 5.92 Å². The van der Waals surface area contributed by atoms with Crippen molar-refractivity contribution in [3.05, 3.63) is 23.3 Å². The van der Waals surface area contributed by atoms with Crippen molar-refractivity contribution in [1.29, 1.82) is 0 Å². The van der Waals surface area contributed by atoms with Gasteiger partial charge in [-0.1, -0.05) is 13.0 Å². The minimum absolute atomic E-state index is 0.0370. The number of hydrogen-bond donors (Lipinski definition) is 2. The maximum atomic E-state index is 12.7. The molecule has 2 aliphatic heterocycles. The molecule has 1 saturated carbocycles. The number of aliphatic hydroxyl groups excluding tert-OH is 1. The molecular formula is C20H27NO4. The molecule has 1 aromatic carbocycles. The number of fused-ring (bicyclic) bond motifs is 3. The summed E-state index contributed by atoms with van der Waals surface area (Å²) >= 11 is 0. The maximum Gasteiger partial charge on any atom is 0.174 e. The Kier molecular flexibility index (Phi) is 4.46. The molecule has 0 amide bonds. The summed E-state index contributed by atoms with van der Waals surface area (Å²) in [5, 5.41) is 20.5. The molecule has 5 heteroatoms. The van der Waals surface area contributed by atoms with Gasteiger partial charge in [0, 0.05) is 37.5 Å².